The molecule has 1 fully saturated rings. The van der Waals surface area contributed by atoms with Gasteiger partial charge in [0.2, 0.25) is 0 Å². The van der Waals surface area contributed by atoms with E-state index in [1.165, 1.54) is 0 Å². The van der Waals surface area contributed by atoms with Crippen molar-refractivity contribution in [1.29, 1.82) is 0 Å². The van der Waals surface area contributed by atoms with Crippen molar-refractivity contribution in [2.75, 3.05) is 19.7 Å². The van der Waals surface area contributed by atoms with Crippen LogP contribution in [0.2, 0.25) is 0 Å². The smallest absolute Gasteiger partial charge is 0.116 e. The van der Waals surface area contributed by atoms with Gasteiger partial charge in [-0.3, -0.25) is 0 Å². The summed E-state index contributed by atoms with van der Waals surface area (Å²) >= 11 is 0. The van der Waals surface area contributed by atoms with Crippen LogP contribution in [0.3, 0.4) is 0 Å². The fraction of sp³-hybridized carbons (Fsp3) is 0.778. The van der Waals surface area contributed by atoms with Gasteiger partial charge in [-0.15, -0.1) is 0 Å². The van der Waals surface area contributed by atoms with Gasteiger partial charge in [0.25, 0.3) is 0 Å². The fourth-order valence-corrected chi connectivity index (χ4v) is 1.65. The van der Waals surface area contributed by atoms with Crippen LogP contribution in [0.5, 0.6) is 0 Å². The Morgan fingerprint density at radius 2 is 2.29 bits per heavy atom. The van der Waals surface area contributed by atoms with Gasteiger partial charge >= 0.3 is 0 Å². The molecule has 0 aliphatic carbocycles. The van der Waals surface area contributed by atoms with Crippen LogP contribution in [-0.4, -0.2) is 35.1 Å². The SMILES string of the molecule is CC(C)c1n[nH]nc1C1CNCCO1. The van der Waals surface area contributed by atoms with Crippen molar-refractivity contribution in [1.82, 2.24) is 20.7 Å². The minimum Gasteiger partial charge on any atom is -0.369 e. The number of nitrogens with zero attached hydrogens (tertiary/aromatic N) is 2. The van der Waals surface area contributed by atoms with E-state index >= 15 is 0 Å². The molecule has 0 spiro atoms. The summed E-state index contributed by atoms with van der Waals surface area (Å²) in [5.74, 6) is 0.384. The Labute approximate surface area is 83.2 Å². The number of aromatic nitrogens is 3. The average Bonchev–Trinajstić information content (AvgIpc) is 2.67. The summed E-state index contributed by atoms with van der Waals surface area (Å²) in [6, 6.07) is 0. The third-order valence-corrected chi connectivity index (χ3v) is 2.38. The monoisotopic (exact) mass is 196 g/mol. The predicted molar refractivity (Wildman–Crippen MR) is 52.0 cm³/mol. The maximum atomic E-state index is 5.63. The van der Waals surface area contributed by atoms with Crippen molar-refractivity contribution in [3.8, 4) is 0 Å². The lowest BCUT2D eigenvalue weighted by Crippen LogP contribution is -2.34. The molecular formula is C9H16N4O. The van der Waals surface area contributed by atoms with E-state index in [0.717, 1.165) is 31.1 Å². The quantitative estimate of drug-likeness (QED) is 0.726. The Morgan fingerprint density at radius 3 is 2.93 bits per heavy atom. The third kappa shape index (κ3) is 1.78. The summed E-state index contributed by atoms with van der Waals surface area (Å²) < 4.78 is 5.63. The number of hydrogen-bond donors (Lipinski definition) is 2. The van der Waals surface area contributed by atoms with Crippen LogP contribution in [0, 0.1) is 0 Å². The molecule has 14 heavy (non-hydrogen) atoms. The molecule has 5 nitrogen and oxygen atoms in total. The molecule has 0 amide bonds. The van der Waals surface area contributed by atoms with Gasteiger partial charge in [-0.2, -0.15) is 15.4 Å². The second-order valence-electron chi connectivity index (χ2n) is 3.81. The van der Waals surface area contributed by atoms with E-state index in [0.29, 0.717) is 5.92 Å². The molecule has 1 aliphatic heterocycles. The van der Waals surface area contributed by atoms with Gasteiger partial charge in [-0.1, -0.05) is 13.8 Å². The van der Waals surface area contributed by atoms with E-state index < -0.39 is 0 Å². The van der Waals surface area contributed by atoms with Crippen LogP contribution >= 0.6 is 0 Å². The van der Waals surface area contributed by atoms with Gasteiger partial charge in [0.1, 0.15) is 11.8 Å². The lowest BCUT2D eigenvalue weighted by atomic mass is 10.1. The predicted octanol–water partition coefficient (Wildman–Crippen LogP) is 0.589. The van der Waals surface area contributed by atoms with E-state index in [-0.39, 0.29) is 6.10 Å². The van der Waals surface area contributed by atoms with Gasteiger partial charge in [0.15, 0.2) is 0 Å². The molecule has 1 aromatic rings. The van der Waals surface area contributed by atoms with Crippen molar-refractivity contribution in [2.45, 2.75) is 25.9 Å². The zero-order valence-electron chi connectivity index (χ0n) is 8.58. The standard InChI is InChI=1S/C9H16N4O/c1-6(2)8-9(12-13-11-8)7-5-10-3-4-14-7/h6-7,10H,3-5H2,1-2H3,(H,11,12,13). The summed E-state index contributed by atoms with van der Waals surface area (Å²) in [5, 5.41) is 14.3. The maximum Gasteiger partial charge on any atom is 0.116 e. The number of H-pyrrole nitrogens is 1. The van der Waals surface area contributed by atoms with E-state index in [2.05, 4.69) is 34.6 Å². The molecule has 0 bridgehead atoms. The van der Waals surface area contributed by atoms with Crippen molar-refractivity contribution in [2.24, 2.45) is 0 Å². The van der Waals surface area contributed by atoms with Crippen LogP contribution in [0.15, 0.2) is 0 Å². The molecule has 2 heterocycles. The Bertz CT molecular complexity index is 291. The first-order valence-electron chi connectivity index (χ1n) is 5.02. The van der Waals surface area contributed by atoms with Gasteiger partial charge in [0.05, 0.1) is 12.3 Å². The normalized spacial score (nSPS) is 22.9. The van der Waals surface area contributed by atoms with Crippen LogP contribution in [0.25, 0.3) is 0 Å². The fourth-order valence-electron chi connectivity index (χ4n) is 1.65. The van der Waals surface area contributed by atoms with Crippen LogP contribution in [0.4, 0.5) is 0 Å². The highest BCUT2D eigenvalue weighted by Gasteiger charge is 2.23. The van der Waals surface area contributed by atoms with Crippen molar-refractivity contribution in [3.63, 3.8) is 0 Å². The topological polar surface area (TPSA) is 62.8 Å². The van der Waals surface area contributed by atoms with Crippen molar-refractivity contribution < 1.29 is 4.74 Å². The van der Waals surface area contributed by atoms with Crippen molar-refractivity contribution in [3.05, 3.63) is 11.4 Å². The molecule has 1 unspecified atom stereocenters. The minimum atomic E-state index is 0.0555. The first-order chi connectivity index (χ1) is 6.79. The molecule has 1 aromatic heterocycles. The van der Waals surface area contributed by atoms with E-state index in [9.17, 15) is 0 Å². The molecule has 2 N–H and O–H groups in total. The minimum absolute atomic E-state index is 0.0555. The second-order valence-corrected chi connectivity index (χ2v) is 3.81. The van der Waals surface area contributed by atoms with E-state index in [1.807, 2.05) is 0 Å². The largest absolute Gasteiger partial charge is 0.369 e. The highest BCUT2D eigenvalue weighted by Crippen LogP contribution is 2.23. The van der Waals surface area contributed by atoms with E-state index in [1.54, 1.807) is 0 Å². The first kappa shape index (κ1) is 9.61. The zero-order chi connectivity index (χ0) is 9.97. The van der Waals surface area contributed by atoms with Crippen LogP contribution in [0.1, 0.15) is 37.3 Å². The third-order valence-electron chi connectivity index (χ3n) is 2.38. The average molecular weight is 196 g/mol. The molecule has 0 aromatic carbocycles. The number of morpholine rings is 1. The molecule has 0 saturated carbocycles. The number of rotatable bonds is 2. The van der Waals surface area contributed by atoms with Crippen LogP contribution < -0.4 is 5.32 Å². The maximum absolute atomic E-state index is 5.63. The molecule has 1 saturated heterocycles. The number of ether oxygens (including phenoxy) is 1. The summed E-state index contributed by atoms with van der Waals surface area (Å²) in [6.45, 7) is 6.71. The zero-order valence-corrected chi connectivity index (χ0v) is 8.58. The lowest BCUT2D eigenvalue weighted by molar-refractivity contribution is 0.0243. The summed E-state index contributed by atoms with van der Waals surface area (Å²) in [6.07, 6.45) is 0.0555. The molecule has 5 heteroatoms. The molecule has 78 valence electrons. The van der Waals surface area contributed by atoms with Crippen molar-refractivity contribution >= 4 is 0 Å². The highest BCUT2D eigenvalue weighted by molar-refractivity contribution is 5.16. The highest BCUT2D eigenvalue weighted by atomic mass is 16.5. The molecule has 0 radical (unpaired) electrons. The van der Waals surface area contributed by atoms with Gasteiger partial charge < -0.3 is 10.1 Å². The van der Waals surface area contributed by atoms with Gasteiger partial charge in [0, 0.05) is 13.1 Å². The Balaban J connectivity index is 2.17. The first-order valence-corrected chi connectivity index (χ1v) is 5.02. The Kier molecular flexibility index (Phi) is 2.79. The molecule has 2 rings (SSSR count). The van der Waals surface area contributed by atoms with Gasteiger partial charge in [-0.25, -0.2) is 0 Å². The van der Waals surface area contributed by atoms with Gasteiger partial charge in [-0.05, 0) is 5.92 Å². The van der Waals surface area contributed by atoms with Crippen LogP contribution in [-0.2, 0) is 4.74 Å². The van der Waals surface area contributed by atoms with E-state index in [4.69, 9.17) is 4.74 Å². The summed E-state index contributed by atoms with van der Waals surface area (Å²) in [4.78, 5) is 0. The summed E-state index contributed by atoms with van der Waals surface area (Å²) in [5.41, 5.74) is 1.96. The number of aromatic amines is 1. The molecule has 1 atom stereocenters. The number of nitrogens with one attached hydrogen (secondary N) is 2. The second kappa shape index (κ2) is 4.06. The molecule has 1 aliphatic rings. The molecular weight excluding hydrogens is 180 g/mol. The lowest BCUT2D eigenvalue weighted by Gasteiger charge is -2.22. The summed E-state index contributed by atoms with van der Waals surface area (Å²) in [7, 11) is 0. The number of hydrogen-bond acceptors (Lipinski definition) is 4. The Morgan fingerprint density at radius 1 is 1.43 bits per heavy atom. The Hall–Kier alpha value is -0.940.